The van der Waals surface area contributed by atoms with Gasteiger partial charge in [0.15, 0.2) is 9.84 Å². The van der Waals surface area contributed by atoms with Crippen LogP contribution in [0.1, 0.15) is 25.7 Å². The molecule has 80 valence electrons. The molecular formula is C9H14O4S. The minimum atomic E-state index is -3.34. The van der Waals surface area contributed by atoms with E-state index in [1.54, 1.807) is 12.1 Å². The summed E-state index contributed by atoms with van der Waals surface area (Å²) in [5.74, 6) is 0.264. The molecule has 0 saturated carbocycles. The molecule has 0 aliphatic heterocycles. The average molecular weight is 218 g/mol. The number of aliphatic hydroxyl groups excluding tert-OH is 1. The van der Waals surface area contributed by atoms with E-state index in [9.17, 15) is 13.5 Å². The molecule has 1 aromatic rings. The van der Waals surface area contributed by atoms with E-state index in [0.29, 0.717) is 0 Å². The van der Waals surface area contributed by atoms with Gasteiger partial charge in [0.2, 0.25) is 0 Å². The van der Waals surface area contributed by atoms with E-state index in [0.717, 1.165) is 6.26 Å². The molecule has 14 heavy (non-hydrogen) atoms. The van der Waals surface area contributed by atoms with Gasteiger partial charge in [-0.3, -0.25) is 0 Å². The third-order valence-corrected chi connectivity index (χ3v) is 4.56. The summed E-state index contributed by atoms with van der Waals surface area (Å²) in [4.78, 5) is 0. The summed E-state index contributed by atoms with van der Waals surface area (Å²) >= 11 is 0. The zero-order valence-electron chi connectivity index (χ0n) is 8.39. The highest BCUT2D eigenvalue weighted by Gasteiger charge is 2.40. The molecule has 0 saturated heterocycles. The zero-order valence-corrected chi connectivity index (χ0v) is 9.21. The fraction of sp³-hybridized carbons (Fsp3) is 0.556. The summed E-state index contributed by atoms with van der Waals surface area (Å²) in [6.07, 6.45) is 1.35. The van der Waals surface area contributed by atoms with Crippen LogP contribution < -0.4 is 0 Å². The predicted molar refractivity (Wildman–Crippen MR) is 52.6 cm³/mol. The van der Waals surface area contributed by atoms with E-state index in [1.807, 2.05) is 0 Å². The highest BCUT2D eigenvalue weighted by molar-refractivity contribution is 7.92. The SMILES string of the molecule is CC(C)(C(O)c1ccco1)S(C)(=O)=O. The number of hydrogen-bond acceptors (Lipinski definition) is 4. The molecule has 0 fully saturated rings. The van der Waals surface area contributed by atoms with Crippen LogP contribution in [-0.4, -0.2) is 24.5 Å². The lowest BCUT2D eigenvalue weighted by atomic mass is 10.0. The third kappa shape index (κ3) is 1.83. The van der Waals surface area contributed by atoms with E-state index < -0.39 is 20.7 Å². The molecule has 0 radical (unpaired) electrons. The zero-order chi connectivity index (χ0) is 11.0. The largest absolute Gasteiger partial charge is 0.467 e. The van der Waals surface area contributed by atoms with Crippen LogP contribution in [0.15, 0.2) is 22.8 Å². The Balaban J connectivity index is 3.07. The fourth-order valence-electron chi connectivity index (χ4n) is 0.992. The number of aliphatic hydroxyl groups is 1. The Bertz CT molecular complexity index is 388. The smallest absolute Gasteiger partial charge is 0.155 e. The van der Waals surface area contributed by atoms with Crippen LogP contribution in [0.25, 0.3) is 0 Å². The second kappa shape index (κ2) is 3.40. The van der Waals surface area contributed by atoms with Crippen LogP contribution in [0.5, 0.6) is 0 Å². The molecule has 1 heterocycles. The molecule has 0 aliphatic rings. The van der Waals surface area contributed by atoms with Crippen molar-refractivity contribution in [2.24, 2.45) is 0 Å². The summed E-state index contributed by atoms with van der Waals surface area (Å²) < 4.78 is 26.5. The van der Waals surface area contributed by atoms with Crippen molar-refractivity contribution in [3.63, 3.8) is 0 Å². The molecular weight excluding hydrogens is 204 g/mol. The molecule has 0 bridgehead atoms. The van der Waals surface area contributed by atoms with Gasteiger partial charge in [-0.05, 0) is 26.0 Å². The van der Waals surface area contributed by atoms with Crippen LogP contribution in [0, 0.1) is 0 Å². The predicted octanol–water partition coefficient (Wildman–Crippen LogP) is 1.14. The summed E-state index contributed by atoms with van der Waals surface area (Å²) in [7, 11) is -3.34. The van der Waals surface area contributed by atoms with Crippen molar-refractivity contribution in [3.8, 4) is 0 Å². The summed E-state index contributed by atoms with van der Waals surface area (Å²) in [6, 6.07) is 3.16. The molecule has 4 nitrogen and oxygen atoms in total. The standard InChI is InChI=1S/C9H14O4S/c1-9(2,14(3,11)12)8(10)7-5-4-6-13-7/h4-6,8,10H,1-3H3. The monoisotopic (exact) mass is 218 g/mol. The molecule has 1 rings (SSSR count). The van der Waals surface area contributed by atoms with Gasteiger partial charge in [0.1, 0.15) is 11.9 Å². The number of rotatable bonds is 3. The van der Waals surface area contributed by atoms with Gasteiger partial charge in [0.25, 0.3) is 0 Å². The van der Waals surface area contributed by atoms with Gasteiger partial charge < -0.3 is 9.52 Å². The first-order valence-electron chi connectivity index (χ1n) is 4.18. The van der Waals surface area contributed by atoms with Gasteiger partial charge in [-0.15, -0.1) is 0 Å². The fourth-order valence-corrected chi connectivity index (χ4v) is 1.51. The molecule has 0 aromatic carbocycles. The van der Waals surface area contributed by atoms with Crippen molar-refractivity contribution in [2.75, 3.05) is 6.26 Å². The van der Waals surface area contributed by atoms with Crippen LogP contribution in [0.4, 0.5) is 0 Å². The molecule has 5 heteroatoms. The van der Waals surface area contributed by atoms with Crippen molar-refractivity contribution in [1.82, 2.24) is 0 Å². The van der Waals surface area contributed by atoms with Gasteiger partial charge in [-0.25, -0.2) is 8.42 Å². The Morgan fingerprint density at radius 2 is 2.07 bits per heavy atom. The average Bonchev–Trinajstić information content (AvgIpc) is 2.52. The molecule has 1 atom stereocenters. The van der Waals surface area contributed by atoms with Gasteiger partial charge in [-0.2, -0.15) is 0 Å². The van der Waals surface area contributed by atoms with Crippen LogP contribution >= 0.6 is 0 Å². The molecule has 0 amide bonds. The topological polar surface area (TPSA) is 67.5 Å². The van der Waals surface area contributed by atoms with E-state index in [2.05, 4.69) is 0 Å². The van der Waals surface area contributed by atoms with Crippen molar-refractivity contribution >= 4 is 9.84 Å². The van der Waals surface area contributed by atoms with Gasteiger partial charge in [-0.1, -0.05) is 0 Å². The van der Waals surface area contributed by atoms with Crippen molar-refractivity contribution in [2.45, 2.75) is 24.7 Å². The molecule has 0 spiro atoms. The number of furan rings is 1. The maximum Gasteiger partial charge on any atom is 0.155 e. The Morgan fingerprint density at radius 1 is 1.50 bits per heavy atom. The first kappa shape index (κ1) is 11.3. The Kier molecular flexibility index (Phi) is 2.74. The maximum atomic E-state index is 11.4. The lowest BCUT2D eigenvalue weighted by Gasteiger charge is -2.26. The quantitative estimate of drug-likeness (QED) is 0.826. The van der Waals surface area contributed by atoms with E-state index in [4.69, 9.17) is 4.42 Å². The Hall–Kier alpha value is -0.810. The van der Waals surface area contributed by atoms with Crippen LogP contribution in [0.2, 0.25) is 0 Å². The number of sulfone groups is 1. The van der Waals surface area contributed by atoms with Gasteiger partial charge in [0, 0.05) is 6.26 Å². The minimum absolute atomic E-state index is 0.264. The van der Waals surface area contributed by atoms with Crippen molar-refractivity contribution in [3.05, 3.63) is 24.2 Å². The maximum absolute atomic E-state index is 11.4. The second-order valence-electron chi connectivity index (χ2n) is 3.79. The Labute approximate surface area is 83.5 Å². The van der Waals surface area contributed by atoms with Crippen molar-refractivity contribution < 1.29 is 17.9 Å². The molecule has 0 aliphatic carbocycles. The minimum Gasteiger partial charge on any atom is -0.467 e. The Morgan fingerprint density at radius 3 is 2.43 bits per heavy atom. The van der Waals surface area contributed by atoms with Crippen molar-refractivity contribution in [1.29, 1.82) is 0 Å². The van der Waals surface area contributed by atoms with Gasteiger partial charge >= 0.3 is 0 Å². The van der Waals surface area contributed by atoms with E-state index in [1.165, 1.54) is 20.1 Å². The lowest BCUT2D eigenvalue weighted by molar-refractivity contribution is 0.114. The van der Waals surface area contributed by atoms with Crippen LogP contribution in [0.3, 0.4) is 0 Å². The highest BCUT2D eigenvalue weighted by Crippen LogP contribution is 2.31. The first-order valence-corrected chi connectivity index (χ1v) is 6.07. The molecule has 1 N–H and O–H groups in total. The third-order valence-electron chi connectivity index (χ3n) is 2.43. The normalized spacial score (nSPS) is 15.4. The second-order valence-corrected chi connectivity index (χ2v) is 6.39. The highest BCUT2D eigenvalue weighted by atomic mass is 32.2. The summed E-state index contributed by atoms with van der Waals surface area (Å²) in [5.41, 5.74) is 0. The molecule has 1 unspecified atom stereocenters. The lowest BCUT2D eigenvalue weighted by Crippen LogP contribution is -2.37. The van der Waals surface area contributed by atoms with Gasteiger partial charge in [0.05, 0.1) is 11.0 Å². The summed E-state index contributed by atoms with van der Waals surface area (Å²) in [5, 5.41) is 9.80. The first-order chi connectivity index (χ1) is 6.27. The van der Waals surface area contributed by atoms with E-state index >= 15 is 0 Å². The summed E-state index contributed by atoms with van der Waals surface area (Å²) in [6.45, 7) is 2.94. The van der Waals surface area contributed by atoms with E-state index in [-0.39, 0.29) is 5.76 Å². The molecule has 1 aromatic heterocycles. The van der Waals surface area contributed by atoms with Crippen LogP contribution in [-0.2, 0) is 9.84 Å². The number of hydrogen-bond donors (Lipinski definition) is 1.